The number of hydrogen-bond donors (Lipinski definition) is 2. The number of alkyl halides is 1. The molecule has 0 aliphatic rings. The molecule has 1 aromatic carbocycles. The molecule has 0 saturated heterocycles. The molecule has 2 atom stereocenters. The lowest BCUT2D eigenvalue weighted by atomic mass is 10.0. The van der Waals surface area contributed by atoms with E-state index in [0.29, 0.717) is 11.4 Å². The summed E-state index contributed by atoms with van der Waals surface area (Å²) >= 11 is 5.62. The van der Waals surface area contributed by atoms with Gasteiger partial charge in [0.05, 0.1) is 18.6 Å². The van der Waals surface area contributed by atoms with Crippen LogP contribution >= 0.6 is 11.6 Å². The number of halogens is 1. The number of hydrogen-bond acceptors (Lipinski definition) is 3. The van der Waals surface area contributed by atoms with Crippen molar-refractivity contribution in [3.63, 3.8) is 0 Å². The van der Waals surface area contributed by atoms with Crippen LogP contribution in [-0.4, -0.2) is 16.3 Å². The van der Waals surface area contributed by atoms with Gasteiger partial charge in [0.25, 0.3) is 0 Å². The van der Waals surface area contributed by atoms with Gasteiger partial charge in [-0.05, 0) is 11.1 Å². The molecule has 0 heterocycles. The predicted octanol–water partition coefficient (Wildman–Crippen LogP) is 1.73. The average molecular weight is 226 g/mol. The quantitative estimate of drug-likeness (QED) is 0.768. The van der Waals surface area contributed by atoms with Gasteiger partial charge in [-0.3, -0.25) is 0 Å². The molecule has 1 rings (SSSR count). The summed E-state index contributed by atoms with van der Waals surface area (Å²) in [5.41, 5.74) is 1.54. The summed E-state index contributed by atoms with van der Waals surface area (Å²) in [7, 11) is 0. The van der Waals surface area contributed by atoms with Crippen LogP contribution < -0.4 is 0 Å². The molecule has 4 heteroatoms. The van der Waals surface area contributed by atoms with E-state index in [2.05, 4.69) is 0 Å². The van der Waals surface area contributed by atoms with Crippen molar-refractivity contribution in [2.45, 2.75) is 24.5 Å². The summed E-state index contributed by atoms with van der Waals surface area (Å²) in [5.74, 6) is 0.414. The van der Waals surface area contributed by atoms with Crippen molar-refractivity contribution in [3.8, 4) is 6.07 Å². The van der Waals surface area contributed by atoms with Gasteiger partial charge in [0.2, 0.25) is 0 Å². The standard InChI is InChI=1S/C11H12ClNO2/c12-7-8-1-3-9(4-2-8)11(15)10(14)5-6-13/h1-4,10-11,14-15H,5,7H2. The lowest BCUT2D eigenvalue weighted by Crippen LogP contribution is -2.17. The number of nitrogens with zero attached hydrogens (tertiary/aromatic N) is 1. The Morgan fingerprint density at radius 2 is 1.87 bits per heavy atom. The van der Waals surface area contributed by atoms with Crippen LogP contribution in [0.5, 0.6) is 0 Å². The fraction of sp³-hybridized carbons (Fsp3) is 0.364. The summed E-state index contributed by atoms with van der Waals surface area (Å²) in [6, 6.07) is 8.77. The minimum Gasteiger partial charge on any atom is -0.389 e. The summed E-state index contributed by atoms with van der Waals surface area (Å²) in [6.07, 6.45) is -2.15. The van der Waals surface area contributed by atoms with Crippen molar-refractivity contribution in [1.29, 1.82) is 5.26 Å². The SMILES string of the molecule is N#CCC(O)C(O)c1ccc(CCl)cc1. The number of benzene rings is 1. The molecule has 0 radical (unpaired) electrons. The van der Waals surface area contributed by atoms with Gasteiger partial charge in [-0.15, -0.1) is 11.6 Å². The van der Waals surface area contributed by atoms with Crippen LogP contribution in [0.4, 0.5) is 0 Å². The Kier molecular flexibility index (Phi) is 4.57. The first-order valence-corrected chi connectivity index (χ1v) is 5.10. The molecule has 0 aromatic heterocycles. The molecular formula is C11H12ClNO2. The average Bonchev–Trinajstić information content (AvgIpc) is 2.28. The molecule has 0 bridgehead atoms. The van der Waals surface area contributed by atoms with Crippen molar-refractivity contribution in [3.05, 3.63) is 35.4 Å². The Morgan fingerprint density at radius 3 is 2.33 bits per heavy atom. The van der Waals surface area contributed by atoms with E-state index in [-0.39, 0.29) is 6.42 Å². The maximum atomic E-state index is 9.65. The molecule has 1 aromatic rings. The highest BCUT2D eigenvalue weighted by atomic mass is 35.5. The molecule has 0 aliphatic carbocycles. The van der Waals surface area contributed by atoms with Crippen molar-refractivity contribution in [2.75, 3.05) is 0 Å². The molecule has 0 amide bonds. The Bertz CT molecular complexity index is 345. The number of aliphatic hydroxyl groups is 2. The first-order chi connectivity index (χ1) is 7.19. The molecule has 0 fully saturated rings. The summed E-state index contributed by atoms with van der Waals surface area (Å²) in [4.78, 5) is 0. The minimum absolute atomic E-state index is 0.0849. The molecule has 0 spiro atoms. The van der Waals surface area contributed by atoms with E-state index in [0.717, 1.165) is 5.56 Å². The lowest BCUT2D eigenvalue weighted by Gasteiger charge is -2.15. The van der Waals surface area contributed by atoms with Crippen molar-refractivity contribution in [1.82, 2.24) is 0 Å². The van der Waals surface area contributed by atoms with E-state index in [1.165, 1.54) is 0 Å². The number of aliphatic hydroxyl groups excluding tert-OH is 2. The van der Waals surface area contributed by atoms with Gasteiger partial charge in [-0.2, -0.15) is 5.26 Å². The van der Waals surface area contributed by atoms with E-state index in [1.54, 1.807) is 24.3 Å². The molecule has 15 heavy (non-hydrogen) atoms. The van der Waals surface area contributed by atoms with E-state index >= 15 is 0 Å². The zero-order valence-electron chi connectivity index (χ0n) is 8.10. The summed E-state index contributed by atoms with van der Waals surface area (Å²) in [6.45, 7) is 0. The monoisotopic (exact) mass is 225 g/mol. The third-order valence-corrected chi connectivity index (χ3v) is 2.45. The Labute approximate surface area is 93.5 Å². The van der Waals surface area contributed by atoms with Gasteiger partial charge >= 0.3 is 0 Å². The zero-order valence-corrected chi connectivity index (χ0v) is 8.85. The number of rotatable bonds is 4. The van der Waals surface area contributed by atoms with Gasteiger partial charge < -0.3 is 10.2 Å². The molecule has 80 valence electrons. The van der Waals surface area contributed by atoms with Crippen molar-refractivity contribution >= 4 is 11.6 Å². The Morgan fingerprint density at radius 1 is 1.27 bits per heavy atom. The first-order valence-electron chi connectivity index (χ1n) is 4.57. The summed E-state index contributed by atoms with van der Waals surface area (Å²) in [5, 5.41) is 27.4. The van der Waals surface area contributed by atoms with Crippen molar-refractivity contribution < 1.29 is 10.2 Å². The fourth-order valence-corrected chi connectivity index (χ4v) is 1.41. The van der Waals surface area contributed by atoms with Crippen LogP contribution in [0.15, 0.2) is 24.3 Å². The number of nitriles is 1. The van der Waals surface area contributed by atoms with E-state index in [9.17, 15) is 10.2 Å². The molecule has 3 nitrogen and oxygen atoms in total. The first kappa shape index (κ1) is 12.0. The van der Waals surface area contributed by atoms with Gasteiger partial charge in [-0.1, -0.05) is 24.3 Å². The predicted molar refractivity (Wildman–Crippen MR) is 57.2 cm³/mol. The van der Waals surface area contributed by atoms with Gasteiger partial charge in [0.1, 0.15) is 6.10 Å². The summed E-state index contributed by atoms with van der Waals surface area (Å²) < 4.78 is 0. The molecule has 0 aliphatic heterocycles. The second-order valence-corrected chi connectivity index (χ2v) is 3.52. The van der Waals surface area contributed by atoms with Gasteiger partial charge in [-0.25, -0.2) is 0 Å². The van der Waals surface area contributed by atoms with Gasteiger partial charge in [0, 0.05) is 5.88 Å². The minimum atomic E-state index is -1.04. The van der Waals surface area contributed by atoms with Crippen LogP contribution in [0.1, 0.15) is 23.7 Å². The maximum absolute atomic E-state index is 9.65. The van der Waals surface area contributed by atoms with Crippen LogP contribution in [0.25, 0.3) is 0 Å². The highest BCUT2D eigenvalue weighted by molar-refractivity contribution is 6.17. The third kappa shape index (κ3) is 3.21. The molecule has 2 N–H and O–H groups in total. The van der Waals surface area contributed by atoms with Crippen molar-refractivity contribution in [2.24, 2.45) is 0 Å². The second kappa shape index (κ2) is 5.72. The molecular weight excluding hydrogens is 214 g/mol. The van der Waals surface area contributed by atoms with Gasteiger partial charge in [0.15, 0.2) is 0 Å². The van der Waals surface area contributed by atoms with E-state index < -0.39 is 12.2 Å². The highest BCUT2D eigenvalue weighted by Crippen LogP contribution is 2.19. The van der Waals surface area contributed by atoms with Crippen LogP contribution in [0, 0.1) is 11.3 Å². The fourth-order valence-electron chi connectivity index (χ4n) is 1.23. The maximum Gasteiger partial charge on any atom is 0.106 e. The normalized spacial score (nSPS) is 14.3. The lowest BCUT2D eigenvalue weighted by molar-refractivity contribution is 0.0216. The van der Waals surface area contributed by atoms with E-state index in [1.807, 2.05) is 6.07 Å². The second-order valence-electron chi connectivity index (χ2n) is 3.25. The highest BCUT2D eigenvalue weighted by Gasteiger charge is 2.17. The third-order valence-electron chi connectivity index (χ3n) is 2.14. The Balaban J connectivity index is 2.74. The zero-order chi connectivity index (χ0) is 11.3. The topological polar surface area (TPSA) is 64.2 Å². The van der Waals surface area contributed by atoms with Crippen LogP contribution in [0.2, 0.25) is 0 Å². The molecule has 2 unspecified atom stereocenters. The molecule has 0 saturated carbocycles. The van der Waals surface area contributed by atoms with Crippen LogP contribution in [-0.2, 0) is 5.88 Å². The largest absolute Gasteiger partial charge is 0.389 e. The van der Waals surface area contributed by atoms with Crippen LogP contribution in [0.3, 0.4) is 0 Å². The Hall–Kier alpha value is -1.08. The smallest absolute Gasteiger partial charge is 0.106 e. The van der Waals surface area contributed by atoms with E-state index in [4.69, 9.17) is 16.9 Å².